The summed E-state index contributed by atoms with van der Waals surface area (Å²) < 4.78 is 12.9. The molecule has 0 bridgehead atoms. The van der Waals surface area contributed by atoms with Gasteiger partial charge in [0.25, 0.3) is 0 Å². The third-order valence-electron chi connectivity index (χ3n) is 2.42. The summed E-state index contributed by atoms with van der Waals surface area (Å²) in [7, 11) is 0. The monoisotopic (exact) mass is 241 g/mol. The average Bonchev–Trinajstić information content (AvgIpc) is 2.29. The van der Waals surface area contributed by atoms with Crippen molar-refractivity contribution in [3.8, 4) is 0 Å². The van der Waals surface area contributed by atoms with Crippen molar-refractivity contribution < 1.29 is 4.39 Å². The Kier molecular flexibility index (Phi) is 6.50. The Labute approximate surface area is 102 Å². The van der Waals surface area contributed by atoms with Crippen molar-refractivity contribution in [3.63, 3.8) is 0 Å². The van der Waals surface area contributed by atoms with Gasteiger partial charge in [-0.1, -0.05) is 19.9 Å². The van der Waals surface area contributed by atoms with Gasteiger partial charge in [0.15, 0.2) is 0 Å². The number of rotatable bonds is 7. The van der Waals surface area contributed by atoms with E-state index in [1.165, 1.54) is 6.07 Å². The molecule has 1 unspecified atom stereocenters. The highest BCUT2D eigenvalue weighted by Crippen LogP contribution is 2.20. The van der Waals surface area contributed by atoms with Gasteiger partial charge < -0.3 is 5.32 Å². The van der Waals surface area contributed by atoms with Gasteiger partial charge in [-0.15, -0.1) is 11.8 Å². The van der Waals surface area contributed by atoms with Crippen LogP contribution in [0.15, 0.2) is 29.2 Å². The molecular weight excluding hydrogens is 221 g/mol. The molecule has 0 amide bonds. The first kappa shape index (κ1) is 13.5. The van der Waals surface area contributed by atoms with Crippen molar-refractivity contribution in [2.75, 3.05) is 12.3 Å². The second-order valence-corrected chi connectivity index (χ2v) is 4.92. The third-order valence-corrected chi connectivity index (χ3v) is 3.58. The number of halogens is 1. The lowest BCUT2D eigenvalue weighted by atomic mass is 10.2. The van der Waals surface area contributed by atoms with E-state index in [0.29, 0.717) is 6.04 Å². The standard InChI is InChI=1S/C13H20FNS/c1-3-8-15-12(4-2)10-16-13-7-5-6-11(14)9-13/h5-7,9,12,15H,3-4,8,10H2,1-2H3. The van der Waals surface area contributed by atoms with E-state index in [9.17, 15) is 4.39 Å². The van der Waals surface area contributed by atoms with Crippen LogP contribution < -0.4 is 5.32 Å². The van der Waals surface area contributed by atoms with Crippen LogP contribution in [0.5, 0.6) is 0 Å². The van der Waals surface area contributed by atoms with Crippen LogP contribution in [0.2, 0.25) is 0 Å². The number of nitrogens with one attached hydrogen (secondary N) is 1. The van der Waals surface area contributed by atoms with Crippen molar-refractivity contribution in [1.29, 1.82) is 0 Å². The molecule has 0 spiro atoms. The van der Waals surface area contributed by atoms with Crippen molar-refractivity contribution >= 4 is 11.8 Å². The van der Waals surface area contributed by atoms with Crippen LogP contribution in [0.3, 0.4) is 0 Å². The topological polar surface area (TPSA) is 12.0 Å². The number of thioether (sulfide) groups is 1. The van der Waals surface area contributed by atoms with Crippen molar-refractivity contribution in [2.24, 2.45) is 0 Å². The summed E-state index contributed by atoms with van der Waals surface area (Å²) in [6.07, 6.45) is 2.27. The minimum absolute atomic E-state index is 0.153. The molecule has 0 saturated carbocycles. The average molecular weight is 241 g/mol. The fourth-order valence-corrected chi connectivity index (χ4v) is 2.54. The number of benzene rings is 1. The molecule has 1 atom stereocenters. The summed E-state index contributed by atoms with van der Waals surface area (Å²) in [6.45, 7) is 5.40. The third kappa shape index (κ3) is 4.99. The van der Waals surface area contributed by atoms with E-state index in [2.05, 4.69) is 19.2 Å². The quantitative estimate of drug-likeness (QED) is 0.731. The highest BCUT2D eigenvalue weighted by molar-refractivity contribution is 7.99. The van der Waals surface area contributed by atoms with Crippen LogP contribution in [-0.2, 0) is 0 Å². The molecule has 0 aliphatic rings. The molecule has 1 aromatic carbocycles. The van der Waals surface area contributed by atoms with E-state index in [-0.39, 0.29) is 5.82 Å². The van der Waals surface area contributed by atoms with E-state index in [0.717, 1.165) is 30.0 Å². The maximum atomic E-state index is 12.9. The van der Waals surface area contributed by atoms with Gasteiger partial charge in [0.05, 0.1) is 0 Å². The van der Waals surface area contributed by atoms with Gasteiger partial charge in [-0.3, -0.25) is 0 Å². The zero-order valence-corrected chi connectivity index (χ0v) is 10.8. The van der Waals surface area contributed by atoms with Gasteiger partial charge in [-0.05, 0) is 37.6 Å². The molecule has 90 valence electrons. The molecule has 0 aromatic heterocycles. The smallest absolute Gasteiger partial charge is 0.124 e. The van der Waals surface area contributed by atoms with Crippen LogP contribution in [0, 0.1) is 5.82 Å². The largest absolute Gasteiger partial charge is 0.313 e. The Morgan fingerprint density at radius 3 is 2.81 bits per heavy atom. The van der Waals surface area contributed by atoms with Gasteiger partial charge in [0.1, 0.15) is 5.82 Å². The second kappa shape index (κ2) is 7.69. The molecule has 0 aliphatic carbocycles. The van der Waals surface area contributed by atoms with E-state index in [4.69, 9.17) is 0 Å². The maximum absolute atomic E-state index is 12.9. The Morgan fingerprint density at radius 1 is 1.38 bits per heavy atom. The van der Waals surface area contributed by atoms with E-state index < -0.39 is 0 Å². The SMILES string of the molecule is CCCNC(CC)CSc1cccc(F)c1. The molecular formula is C13H20FNS. The molecule has 1 nitrogen and oxygen atoms in total. The van der Waals surface area contributed by atoms with Crippen molar-refractivity contribution in [3.05, 3.63) is 30.1 Å². The lowest BCUT2D eigenvalue weighted by Gasteiger charge is -2.15. The molecule has 1 rings (SSSR count). The molecule has 16 heavy (non-hydrogen) atoms. The summed E-state index contributed by atoms with van der Waals surface area (Å²) in [5, 5.41) is 3.49. The van der Waals surface area contributed by atoms with Crippen LogP contribution in [-0.4, -0.2) is 18.3 Å². The normalized spacial score (nSPS) is 12.7. The van der Waals surface area contributed by atoms with Gasteiger partial charge >= 0.3 is 0 Å². The van der Waals surface area contributed by atoms with Crippen LogP contribution in [0.25, 0.3) is 0 Å². The van der Waals surface area contributed by atoms with Crippen molar-refractivity contribution in [1.82, 2.24) is 5.32 Å². The minimum atomic E-state index is -0.153. The molecule has 1 aromatic rings. The lowest BCUT2D eigenvalue weighted by Crippen LogP contribution is -2.31. The molecule has 3 heteroatoms. The Bertz CT molecular complexity index is 304. The van der Waals surface area contributed by atoms with E-state index in [1.54, 1.807) is 23.9 Å². The number of hydrogen-bond acceptors (Lipinski definition) is 2. The molecule has 0 aliphatic heterocycles. The van der Waals surface area contributed by atoms with Crippen LogP contribution in [0.4, 0.5) is 4.39 Å². The van der Waals surface area contributed by atoms with E-state index >= 15 is 0 Å². The summed E-state index contributed by atoms with van der Waals surface area (Å²) in [4.78, 5) is 1.01. The molecule has 0 heterocycles. The first-order chi connectivity index (χ1) is 7.76. The minimum Gasteiger partial charge on any atom is -0.313 e. The van der Waals surface area contributed by atoms with Gasteiger partial charge in [-0.25, -0.2) is 4.39 Å². The highest BCUT2D eigenvalue weighted by Gasteiger charge is 2.05. The summed E-state index contributed by atoms with van der Waals surface area (Å²) in [5.41, 5.74) is 0. The maximum Gasteiger partial charge on any atom is 0.124 e. The molecule has 0 fully saturated rings. The van der Waals surface area contributed by atoms with Gasteiger partial charge in [-0.2, -0.15) is 0 Å². The Balaban J connectivity index is 2.37. The summed E-state index contributed by atoms with van der Waals surface area (Å²) in [6, 6.07) is 7.32. The van der Waals surface area contributed by atoms with Gasteiger partial charge in [0, 0.05) is 16.7 Å². The Hall–Kier alpha value is -0.540. The Morgan fingerprint density at radius 2 is 2.19 bits per heavy atom. The lowest BCUT2D eigenvalue weighted by molar-refractivity contribution is 0.539. The van der Waals surface area contributed by atoms with E-state index in [1.807, 2.05) is 6.07 Å². The summed E-state index contributed by atoms with van der Waals surface area (Å²) in [5.74, 6) is 0.847. The molecule has 1 N–H and O–H groups in total. The molecule has 0 radical (unpaired) electrons. The van der Waals surface area contributed by atoms with Gasteiger partial charge in [0.2, 0.25) is 0 Å². The number of hydrogen-bond donors (Lipinski definition) is 1. The zero-order valence-electron chi connectivity index (χ0n) is 10.0. The summed E-state index contributed by atoms with van der Waals surface area (Å²) >= 11 is 1.72. The fourth-order valence-electron chi connectivity index (χ4n) is 1.42. The zero-order chi connectivity index (χ0) is 11.8. The first-order valence-corrected chi connectivity index (χ1v) is 6.86. The fraction of sp³-hybridized carbons (Fsp3) is 0.538. The predicted molar refractivity (Wildman–Crippen MR) is 69.5 cm³/mol. The van der Waals surface area contributed by atoms with Crippen LogP contribution >= 0.6 is 11.8 Å². The van der Waals surface area contributed by atoms with Crippen molar-refractivity contribution in [2.45, 2.75) is 37.6 Å². The molecule has 0 saturated heterocycles. The second-order valence-electron chi connectivity index (χ2n) is 3.83. The van der Waals surface area contributed by atoms with Crippen LogP contribution in [0.1, 0.15) is 26.7 Å². The first-order valence-electron chi connectivity index (χ1n) is 5.88. The predicted octanol–water partition coefficient (Wildman–Crippen LogP) is 3.70. The highest BCUT2D eigenvalue weighted by atomic mass is 32.2.